The van der Waals surface area contributed by atoms with Crippen LogP contribution in [-0.2, 0) is 14.3 Å². The van der Waals surface area contributed by atoms with Crippen LogP contribution in [-0.4, -0.2) is 48.3 Å². The topological polar surface area (TPSA) is 78.9 Å². The Morgan fingerprint density at radius 3 is 2.94 bits per heavy atom. The molecule has 0 aromatic carbocycles. The first-order chi connectivity index (χ1) is 8.58. The van der Waals surface area contributed by atoms with Crippen LogP contribution in [0.3, 0.4) is 0 Å². The molecule has 0 saturated carbocycles. The zero-order valence-corrected chi connectivity index (χ0v) is 10.7. The predicted molar refractivity (Wildman–Crippen MR) is 65.3 cm³/mol. The minimum Gasteiger partial charge on any atom is -0.396 e. The Morgan fingerprint density at radius 1 is 1.61 bits per heavy atom. The number of carbonyl (C=O) groups is 2. The summed E-state index contributed by atoms with van der Waals surface area (Å²) in [5, 5.41) is 10.9. The fourth-order valence-electron chi connectivity index (χ4n) is 2.12. The molecular formula is C12H20N2O4. The number of ether oxygens (including phenoxy) is 1. The maximum atomic E-state index is 11.1. The third kappa shape index (κ3) is 4.12. The van der Waals surface area contributed by atoms with Gasteiger partial charge in [-0.05, 0) is 12.8 Å². The summed E-state index contributed by atoms with van der Waals surface area (Å²) >= 11 is 0. The second kappa shape index (κ2) is 7.13. The highest BCUT2D eigenvalue weighted by Crippen LogP contribution is 2.29. The number of hydrogen-bond acceptors (Lipinski definition) is 5. The number of nitrogens with zero attached hydrogens (tertiary/aromatic N) is 1. The predicted octanol–water partition coefficient (Wildman–Crippen LogP) is -0.162. The van der Waals surface area contributed by atoms with Crippen LogP contribution in [0.2, 0.25) is 0 Å². The monoisotopic (exact) mass is 256 g/mol. The van der Waals surface area contributed by atoms with Gasteiger partial charge in [-0.2, -0.15) is 0 Å². The van der Waals surface area contributed by atoms with Crippen LogP contribution in [0.15, 0.2) is 12.3 Å². The van der Waals surface area contributed by atoms with E-state index >= 15 is 0 Å². The lowest BCUT2D eigenvalue weighted by Gasteiger charge is -2.25. The van der Waals surface area contributed by atoms with Gasteiger partial charge in [0.1, 0.15) is 6.23 Å². The number of carbonyl (C=O) groups excluding carboxylic acids is 2. The Labute approximate surface area is 107 Å². The molecule has 3 atom stereocenters. The van der Waals surface area contributed by atoms with Gasteiger partial charge in [-0.25, -0.2) is 0 Å². The Morgan fingerprint density at radius 2 is 2.33 bits per heavy atom. The summed E-state index contributed by atoms with van der Waals surface area (Å²) in [6.45, 7) is 2.18. The zero-order chi connectivity index (χ0) is 13.5. The van der Waals surface area contributed by atoms with Crippen LogP contribution in [0.5, 0.6) is 0 Å². The molecule has 18 heavy (non-hydrogen) atoms. The molecule has 1 aliphatic heterocycles. The van der Waals surface area contributed by atoms with Gasteiger partial charge in [-0.15, -0.1) is 0 Å². The molecule has 0 bridgehead atoms. The first-order valence-corrected chi connectivity index (χ1v) is 5.99. The number of nitrogens with one attached hydrogen (secondary N) is 1. The quantitative estimate of drug-likeness (QED) is 0.510. The number of aliphatic hydroxyl groups excluding tert-OH is 1. The van der Waals surface area contributed by atoms with Gasteiger partial charge in [0.05, 0.1) is 6.10 Å². The SMILES string of the molecule is CC1CC(CCO)OC1N(C)/C=C\C(=O)NC=O. The molecule has 1 fully saturated rings. The van der Waals surface area contributed by atoms with Crippen molar-refractivity contribution in [2.24, 2.45) is 5.92 Å². The van der Waals surface area contributed by atoms with Crippen molar-refractivity contribution in [1.82, 2.24) is 10.2 Å². The van der Waals surface area contributed by atoms with E-state index in [9.17, 15) is 9.59 Å². The fraction of sp³-hybridized carbons (Fsp3) is 0.667. The molecule has 3 unspecified atom stereocenters. The van der Waals surface area contributed by atoms with Crippen LogP contribution >= 0.6 is 0 Å². The van der Waals surface area contributed by atoms with Crippen molar-refractivity contribution in [3.63, 3.8) is 0 Å². The van der Waals surface area contributed by atoms with E-state index in [0.29, 0.717) is 18.7 Å². The van der Waals surface area contributed by atoms with Crippen LogP contribution in [0.1, 0.15) is 19.8 Å². The standard InChI is InChI=1S/C12H20N2O4/c1-9-7-10(4-6-15)18-12(9)14(2)5-3-11(17)13-8-16/h3,5,8-10,12,15H,4,6-7H2,1-2H3,(H,13,16,17)/b5-3-. The van der Waals surface area contributed by atoms with E-state index < -0.39 is 5.91 Å². The molecule has 0 aromatic heterocycles. The van der Waals surface area contributed by atoms with Gasteiger partial charge in [0.2, 0.25) is 6.41 Å². The third-order valence-electron chi connectivity index (χ3n) is 2.97. The summed E-state index contributed by atoms with van der Waals surface area (Å²) in [6, 6.07) is 0. The second-order valence-corrected chi connectivity index (χ2v) is 4.48. The highest BCUT2D eigenvalue weighted by atomic mass is 16.5. The molecule has 0 aliphatic carbocycles. The van der Waals surface area contributed by atoms with E-state index in [-0.39, 0.29) is 18.9 Å². The highest BCUT2D eigenvalue weighted by molar-refractivity contribution is 5.94. The summed E-state index contributed by atoms with van der Waals surface area (Å²) in [5.41, 5.74) is 0. The van der Waals surface area contributed by atoms with Crippen molar-refractivity contribution in [1.29, 1.82) is 0 Å². The van der Waals surface area contributed by atoms with Crippen molar-refractivity contribution in [2.75, 3.05) is 13.7 Å². The lowest BCUT2D eigenvalue weighted by molar-refractivity contribution is -0.121. The van der Waals surface area contributed by atoms with Crippen molar-refractivity contribution in [3.05, 3.63) is 12.3 Å². The molecule has 0 aromatic rings. The molecule has 6 nitrogen and oxygen atoms in total. The summed E-state index contributed by atoms with van der Waals surface area (Å²) in [5.74, 6) is -0.139. The summed E-state index contributed by atoms with van der Waals surface area (Å²) < 4.78 is 5.78. The molecule has 6 heteroatoms. The average molecular weight is 256 g/mol. The number of hydrogen-bond donors (Lipinski definition) is 2. The lowest BCUT2D eigenvalue weighted by atomic mass is 10.0. The van der Waals surface area contributed by atoms with E-state index in [1.54, 1.807) is 11.1 Å². The summed E-state index contributed by atoms with van der Waals surface area (Å²) in [4.78, 5) is 22.9. The van der Waals surface area contributed by atoms with Crippen molar-refractivity contribution >= 4 is 12.3 Å². The third-order valence-corrected chi connectivity index (χ3v) is 2.97. The summed E-state index contributed by atoms with van der Waals surface area (Å²) in [6.07, 6.45) is 4.69. The molecule has 1 rings (SSSR count). The van der Waals surface area contributed by atoms with Gasteiger partial charge in [0.15, 0.2) is 0 Å². The van der Waals surface area contributed by atoms with Gasteiger partial charge in [-0.1, -0.05) is 6.92 Å². The van der Waals surface area contributed by atoms with Crippen LogP contribution < -0.4 is 5.32 Å². The molecular weight excluding hydrogens is 236 g/mol. The van der Waals surface area contributed by atoms with E-state index in [4.69, 9.17) is 9.84 Å². The van der Waals surface area contributed by atoms with Gasteiger partial charge in [0.25, 0.3) is 5.91 Å². The largest absolute Gasteiger partial charge is 0.396 e. The minimum atomic E-state index is -0.464. The van der Waals surface area contributed by atoms with Gasteiger partial charge in [0, 0.05) is 31.8 Å². The van der Waals surface area contributed by atoms with E-state index in [1.807, 2.05) is 12.4 Å². The maximum absolute atomic E-state index is 11.1. The molecule has 2 amide bonds. The van der Waals surface area contributed by atoms with Crippen LogP contribution in [0.4, 0.5) is 0 Å². The maximum Gasteiger partial charge on any atom is 0.251 e. The minimum absolute atomic E-state index is 0.0645. The molecule has 2 N–H and O–H groups in total. The van der Waals surface area contributed by atoms with Crippen molar-refractivity contribution < 1.29 is 19.4 Å². The van der Waals surface area contributed by atoms with Gasteiger partial charge < -0.3 is 14.7 Å². The number of imide groups is 1. The molecule has 0 radical (unpaired) electrons. The van der Waals surface area contributed by atoms with Crippen molar-refractivity contribution in [3.8, 4) is 0 Å². The fourth-order valence-corrected chi connectivity index (χ4v) is 2.12. The lowest BCUT2D eigenvalue weighted by Crippen LogP contribution is -2.32. The molecule has 1 saturated heterocycles. The Bertz CT molecular complexity index is 319. The Balaban J connectivity index is 2.48. The second-order valence-electron chi connectivity index (χ2n) is 4.48. The molecule has 1 heterocycles. The zero-order valence-electron chi connectivity index (χ0n) is 10.7. The Hall–Kier alpha value is -1.40. The first kappa shape index (κ1) is 14.7. The van der Waals surface area contributed by atoms with E-state index in [2.05, 4.69) is 6.92 Å². The van der Waals surface area contributed by atoms with Crippen LogP contribution in [0, 0.1) is 5.92 Å². The normalized spacial score (nSPS) is 27.4. The van der Waals surface area contributed by atoms with Crippen LogP contribution in [0.25, 0.3) is 0 Å². The van der Waals surface area contributed by atoms with E-state index in [1.165, 1.54) is 6.08 Å². The summed E-state index contributed by atoms with van der Waals surface area (Å²) in [7, 11) is 1.81. The van der Waals surface area contributed by atoms with Gasteiger partial charge in [-0.3, -0.25) is 14.9 Å². The first-order valence-electron chi connectivity index (χ1n) is 5.99. The average Bonchev–Trinajstić information content (AvgIpc) is 2.68. The molecule has 102 valence electrons. The Kier molecular flexibility index (Phi) is 5.80. The smallest absolute Gasteiger partial charge is 0.251 e. The number of aliphatic hydroxyl groups is 1. The highest BCUT2D eigenvalue weighted by Gasteiger charge is 2.33. The molecule has 0 spiro atoms. The molecule has 1 aliphatic rings. The van der Waals surface area contributed by atoms with E-state index in [0.717, 1.165) is 6.42 Å². The van der Waals surface area contributed by atoms with Crippen molar-refractivity contribution in [2.45, 2.75) is 32.1 Å². The van der Waals surface area contributed by atoms with Gasteiger partial charge >= 0.3 is 0 Å². The number of amides is 2. The number of rotatable bonds is 6.